The molecule has 0 amide bonds. The van der Waals surface area contributed by atoms with Gasteiger partial charge in [0, 0.05) is 18.3 Å². The van der Waals surface area contributed by atoms with Crippen LogP contribution in [-0.2, 0) is 6.54 Å². The maximum atomic E-state index is 10.9. The molecule has 100 valence electrons. The second-order valence-electron chi connectivity index (χ2n) is 4.72. The van der Waals surface area contributed by atoms with Gasteiger partial charge in [-0.25, -0.2) is 4.79 Å². The van der Waals surface area contributed by atoms with Crippen LogP contribution in [0.3, 0.4) is 0 Å². The van der Waals surface area contributed by atoms with Gasteiger partial charge in [-0.3, -0.25) is 0 Å². The number of aromatic carboxylic acids is 1. The molecule has 0 unspecified atom stereocenters. The van der Waals surface area contributed by atoms with E-state index in [4.69, 9.17) is 9.52 Å². The van der Waals surface area contributed by atoms with Crippen LogP contribution in [0.1, 0.15) is 27.4 Å². The van der Waals surface area contributed by atoms with E-state index >= 15 is 0 Å². The first-order valence-electron chi connectivity index (χ1n) is 6.08. The van der Waals surface area contributed by atoms with Crippen LogP contribution in [0, 0.1) is 13.8 Å². The molecule has 1 heterocycles. The van der Waals surface area contributed by atoms with E-state index in [1.807, 2.05) is 43.1 Å². The Bertz CT molecular complexity index is 584. The second kappa shape index (κ2) is 5.18. The monoisotopic (exact) mass is 259 g/mol. The molecule has 2 rings (SSSR count). The van der Waals surface area contributed by atoms with Gasteiger partial charge in [-0.1, -0.05) is 17.7 Å². The van der Waals surface area contributed by atoms with E-state index in [1.165, 1.54) is 5.56 Å². The number of benzene rings is 1. The van der Waals surface area contributed by atoms with Crippen LogP contribution in [-0.4, -0.2) is 18.1 Å². The van der Waals surface area contributed by atoms with Crippen LogP contribution in [0.2, 0.25) is 0 Å². The minimum absolute atomic E-state index is 0.0207. The Morgan fingerprint density at radius 2 is 1.89 bits per heavy atom. The number of nitrogens with zero attached hydrogens (tertiary/aromatic N) is 1. The van der Waals surface area contributed by atoms with Crippen molar-refractivity contribution in [3.63, 3.8) is 0 Å². The molecule has 1 N–H and O–H groups in total. The number of anilines is 1. The van der Waals surface area contributed by atoms with Crippen molar-refractivity contribution >= 4 is 11.7 Å². The fourth-order valence-corrected chi connectivity index (χ4v) is 1.96. The normalized spacial score (nSPS) is 10.5. The highest BCUT2D eigenvalue weighted by Gasteiger charge is 2.15. The Kier molecular flexibility index (Phi) is 3.60. The summed E-state index contributed by atoms with van der Waals surface area (Å²) in [6, 6.07) is 9.92. The fourth-order valence-electron chi connectivity index (χ4n) is 1.96. The SMILES string of the molecule is Cc1ccc(N(C)Cc2cc(C)c(C(=O)O)o2)cc1. The molecule has 0 saturated heterocycles. The molecule has 4 heteroatoms. The number of hydrogen-bond donors (Lipinski definition) is 1. The van der Waals surface area contributed by atoms with Crippen LogP contribution in [0.5, 0.6) is 0 Å². The van der Waals surface area contributed by atoms with Gasteiger partial charge in [0.05, 0.1) is 6.54 Å². The second-order valence-corrected chi connectivity index (χ2v) is 4.72. The van der Waals surface area contributed by atoms with Gasteiger partial charge < -0.3 is 14.4 Å². The third-order valence-corrected chi connectivity index (χ3v) is 3.03. The van der Waals surface area contributed by atoms with Gasteiger partial charge in [0.25, 0.3) is 0 Å². The molecule has 0 bridgehead atoms. The number of rotatable bonds is 4. The van der Waals surface area contributed by atoms with Gasteiger partial charge in [0.2, 0.25) is 5.76 Å². The van der Waals surface area contributed by atoms with Crippen molar-refractivity contribution in [3.8, 4) is 0 Å². The number of carboxylic acids is 1. The molecule has 0 radical (unpaired) electrons. The third-order valence-electron chi connectivity index (χ3n) is 3.03. The lowest BCUT2D eigenvalue weighted by Crippen LogP contribution is -2.15. The molecule has 1 aromatic carbocycles. The van der Waals surface area contributed by atoms with Gasteiger partial charge in [-0.2, -0.15) is 0 Å². The Balaban J connectivity index is 2.14. The van der Waals surface area contributed by atoms with Crippen LogP contribution in [0.15, 0.2) is 34.7 Å². The van der Waals surface area contributed by atoms with Crippen LogP contribution >= 0.6 is 0 Å². The van der Waals surface area contributed by atoms with Crippen LogP contribution < -0.4 is 4.90 Å². The first-order valence-corrected chi connectivity index (χ1v) is 6.08. The van der Waals surface area contributed by atoms with Gasteiger partial charge in [-0.05, 0) is 32.0 Å². The van der Waals surface area contributed by atoms with Crippen LogP contribution in [0.25, 0.3) is 0 Å². The van der Waals surface area contributed by atoms with E-state index in [0.717, 1.165) is 5.69 Å². The lowest BCUT2D eigenvalue weighted by atomic mass is 10.2. The Morgan fingerprint density at radius 1 is 1.26 bits per heavy atom. The average Bonchev–Trinajstić information content (AvgIpc) is 2.71. The lowest BCUT2D eigenvalue weighted by Gasteiger charge is -2.17. The summed E-state index contributed by atoms with van der Waals surface area (Å²) in [5.41, 5.74) is 2.93. The maximum absolute atomic E-state index is 10.9. The topological polar surface area (TPSA) is 53.7 Å². The smallest absolute Gasteiger partial charge is 0.372 e. The number of carbonyl (C=O) groups is 1. The summed E-state index contributed by atoms with van der Waals surface area (Å²) in [5.74, 6) is -0.355. The number of furan rings is 1. The Labute approximate surface area is 112 Å². The molecule has 1 aromatic heterocycles. The third kappa shape index (κ3) is 2.96. The van der Waals surface area contributed by atoms with E-state index in [1.54, 1.807) is 13.0 Å². The molecule has 0 spiro atoms. The van der Waals surface area contributed by atoms with Crippen molar-refractivity contribution in [3.05, 3.63) is 53.0 Å². The van der Waals surface area contributed by atoms with Gasteiger partial charge >= 0.3 is 5.97 Å². The zero-order chi connectivity index (χ0) is 14.0. The van der Waals surface area contributed by atoms with Crippen molar-refractivity contribution in [2.24, 2.45) is 0 Å². The summed E-state index contributed by atoms with van der Waals surface area (Å²) in [5, 5.41) is 8.95. The van der Waals surface area contributed by atoms with E-state index in [9.17, 15) is 4.79 Å². The van der Waals surface area contributed by atoms with Gasteiger partial charge in [-0.15, -0.1) is 0 Å². The summed E-state index contributed by atoms with van der Waals surface area (Å²) < 4.78 is 5.35. The first kappa shape index (κ1) is 13.2. The predicted molar refractivity (Wildman–Crippen MR) is 73.7 cm³/mol. The molecule has 0 atom stereocenters. The molecule has 0 fully saturated rings. The molecule has 4 nitrogen and oxygen atoms in total. The molecule has 0 aliphatic carbocycles. The van der Waals surface area contributed by atoms with E-state index in [0.29, 0.717) is 17.9 Å². The minimum atomic E-state index is -1.03. The summed E-state index contributed by atoms with van der Waals surface area (Å²) >= 11 is 0. The molecule has 0 aliphatic rings. The van der Waals surface area contributed by atoms with Gasteiger partial charge in [0.15, 0.2) is 0 Å². The van der Waals surface area contributed by atoms with Gasteiger partial charge in [0.1, 0.15) is 5.76 Å². The van der Waals surface area contributed by atoms with Crippen molar-refractivity contribution < 1.29 is 14.3 Å². The van der Waals surface area contributed by atoms with Crippen molar-refractivity contribution in [2.75, 3.05) is 11.9 Å². The highest BCUT2D eigenvalue weighted by Crippen LogP contribution is 2.20. The number of aryl methyl sites for hydroxylation is 2. The summed E-state index contributed by atoms with van der Waals surface area (Å²) in [7, 11) is 1.95. The zero-order valence-electron chi connectivity index (χ0n) is 11.3. The summed E-state index contributed by atoms with van der Waals surface area (Å²) in [4.78, 5) is 12.9. The summed E-state index contributed by atoms with van der Waals surface area (Å²) in [6.07, 6.45) is 0. The van der Waals surface area contributed by atoms with E-state index < -0.39 is 5.97 Å². The van der Waals surface area contributed by atoms with E-state index in [-0.39, 0.29) is 5.76 Å². The molecule has 2 aromatic rings. The minimum Gasteiger partial charge on any atom is -0.475 e. The average molecular weight is 259 g/mol. The Hall–Kier alpha value is -2.23. The zero-order valence-corrected chi connectivity index (χ0v) is 11.3. The predicted octanol–water partition coefficient (Wildman–Crippen LogP) is 3.23. The fraction of sp³-hybridized carbons (Fsp3) is 0.267. The first-order chi connectivity index (χ1) is 8.97. The largest absolute Gasteiger partial charge is 0.475 e. The summed E-state index contributed by atoms with van der Waals surface area (Å²) in [6.45, 7) is 4.32. The highest BCUT2D eigenvalue weighted by atomic mass is 16.4. The maximum Gasteiger partial charge on any atom is 0.372 e. The highest BCUT2D eigenvalue weighted by molar-refractivity contribution is 5.86. The lowest BCUT2D eigenvalue weighted by molar-refractivity contribution is 0.0659. The van der Waals surface area contributed by atoms with Crippen molar-refractivity contribution in [1.82, 2.24) is 0 Å². The Morgan fingerprint density at radius 3 is 2.42 bits per heavy atom. The molecule has 0 saturated carbocycles. The number of hydrogen-bond acceptors (Lipinski definition) is 3. The number of carboxylic acid groups (broad SMARTS) is 1. The van der Waals surface area contributed by atoms with Crippen molar-refractivity contribution in [2.45, 2.75) is 20.4 Å². The van der Waals surface area contributed by atoms with Crippen molar-refractivity contribution in [1.29, 1.82) is 0 Å². The molecule has 0 aliphatic heterocycles. The molecular weight excluding hydrogens is 242 g/mol. The van der Waals surface area contributed by atoms with Crippen LogP contribution in [0.4, 0.5) is 5.69 Å². The quantitative estimate of drug-likeness (QED) is 0.915. The molecule has 19 heavy (non-hydrogen) atoms. The van der Waals surface area contributed by atoms with E-state index in [2.05, 4.69) is 0 Å². The molecular formula is C15H17NO3. The standard InChI is InChI=1S/C15H17NO3/c1-10-4-6-12(7-5-10)16(3)9-13-8-11(2)14(19-13)15(17)18/h4-8H,9H2,1-3H3,(H,17,18).